The molecule has 0 spiro atoms. The average Bonchev–Trinajstić information content (AvgIpc) is 2.87. The average molecular weight is 297 g/mol. The molecule has 0 aromatic heterocycles. The number of carbonyl (C=O) groups excluding carboxylic acids is 1. The zero-order chi connectivity index (χ0) is 15.3. The molecule has 2 fully saturated rings. The molecule has 21 heavy (non-hydrogen) atoms. The van der Waals surface area contributed by atoms with Crippen LogP contribution in [0, 0.1) is 0 Å². The minimum Gasteiger partial charge on any atom is -0.389 e. The predicted molar refractivity (Wildman–Crippen MR) is 84.2 cm³/mol. The third kappa shape index (κ3) is 5.24. The van der Waals surface area contributed by atoms with Crippen LogP contribution in [0.1, 0.15) is 38.5 Å². The molecule has 1 saturated carbocycles. The molecule has 5 nitrogen and oxygen atoms in total. The minimum absolute atomic E-state index is 0.0952. The first-order valence-electron chi connectivity index (χ1n) is 8.36. The van der Waals surface area contributed by atoms with E-state index >= 15 is 0 Å². The normalized spacial score (nSPS) is 23.4. The van der Waals surface area contributed by atoms with Gasteiger partial charge in [-0.15, -0.1) is 0 Å². The van der Waals surface area contributed by atoms with Gasteiger partial charge in [-0.1, -0.05) is 12.8 Å². The lowest BCUT2D eigenvalue weighted by molar-refractivity contribution is -0.135. The van der Waals surface area contributed by atoms with Gasteiger partial charge in [-0.3, -0.25) is 4.79 Å². The first-order valence-corrected chi connectivity index (χ1v) is 8.36. The highest BCUT2D eigenvalue weighted by Crippen LogP contribution is 2.32. The number of likely N-dealkylation sites (N-methyl/N-ethyl adjacent to an activating group) is 1. The highest BCUT2D eigenvalue weighted by molar-refractivity contribution is 5.77. The van der Waals surface area contributed by atoms with Crippen LogP contribution >= 0.6 is 0 Å². The fraction of sp³-hybridized carbons (Fsp3) is 0.938. The molecular weight excluding hydrogens is 266 g/mol. The molecule has 1 saturated heterocycles. The van der Waals surface area contributed by atoms with E-state index in [4.69, 9.17) is 0 Å². The Morgan fingerprint density at radius 3 is 2.43 bits per heavy atom. The SMILES string of the molecule is CN1CCN(CCCN(C)C(=O)CC2(O)CCCC2)CC1. The summed E-state index contributed by atoms with van der Waals surface area (Å²) in [5, 5.41) is 10.3. The van der Waals surface area contributed by atoms with E-state index in [1.54, 1.807) is 4.90 Å². The lowest BCUT2D eigenvalue weighted by Crippen LogP contribution is -2.45. The van der Waals surface area contributed by atoms with E-state index in [0.717, 1.165) is 71.4 Å². The van der Waals surface area contributed by atoms with Gasteiger partial charge < -0.3 is 19.8 Å². The minimum atomic E-state index is -0.719. The molecule has 0 aromatic carbocycles. The summed E-state index contributed by atoms with van der Waals surface area (Å²) >= 11 is 0. The van der Waals surface area contributed by atoms with Crippen LogP contribution in [0.15, 0.2) is 0 Å². The quantitative estimate of drug-likeness (QED) is 0.787. The van der Waals surface area contributed by atoms with Gasteiger partial charge in [0.15, 0.2) is 0 Å². The summed E-state index contributed by atoms with van der Waals surface area (Å²) in [4.78, 5) is 18.8. The van der Waals surface area contributed by atoms with Crippen LogP contribution in [0.5, 0.6) is 0 Å². The van der Waals surface area contributed by atoms with Crippen molar-refractivity contribution in [1.29, 1.82) is 0 Å². The molecule has 1 heterocycles. The molecule has 1 amide bonds. The molecule has 2 rings (SSSR count). The molecule has 1 aliphatic carbocycles. The molecule has 0 aromatic rings. The predicted octanol–water partition coefficient (Wildman–Crippen LogP) is 0.778. The Kier molecular flexibility index (Phi) is 6.02. The molecular formula is C16H31N3O2. The van der Waals surface area contributed by atoms with E-state index in [9.17, 15) is 9.90 Å². The summed E-state index contributed by atoms with van der Waals surface area (Å²) in [5.74, 6) is 0.0952. The molecule has 5 heteroatoms. The van der Waals surface area contributed by atoms with Crippen LogP contribution in [-0.2, 0) is 4.79 Å². The summed E-state index contributed by atoms with van der Waals surface area (Å²) in [5.41, 5.74) is -0.719. The molecule has 2 aliphatic rings. The van der Waals surface area contributed by atoms with Gasteiger partial charge in [0, 0.05) is 39.8 Å². The Morgan fingerprint density at radius 2 is 1.81 bits per heavy atom. The van der Waals surface area contributed by atoms with Crippen molar-refractivity contribution in [1.82, 2.24) is 14.7 Å². The first-order chi connectivity index (χ1) is 9.98. The molecule has 0 radical (unpaired) electrons. The Morgan fingerprint density at radius 1 is 1.19 bits per heavy atom. The maximum atomic E-state index is 12.2. The summed E-state index contributed by atoms with van der Waals surface area (Å²) in [6, 6.07) is 0. The van der Waals surface area contributed by atoms with Crippen molar-refractivity contribution in [3.05, 3.63) is 0 Å². The van der Waals surface area contributed by atoms with Gasteiger partial charge in [0.25, 0.3) is 0 Å². The van der Waals surface area contributed by atoms with Crippen molar-refractivity contribution in [2.75, 3.05) is 53.4 Å². The lowest BCUT2D eigenvalue weighted by Gasteiger charge is -2.32. The van der Waals surface area contributed by atoms with Gasteiger partial charge in [-0.2, -0.15) is 0 Å². The summed E-state index contributed by atoms with van der Waals surface area (Å²) in [6.07, 6.45) is 5.00. The highest BCUT2D eigenvalue weighted by Gasteiger charge is 2.34. The van der Waals surface area contributed by atoms with Crippen molar-refractivity contribution < 1.29 is 9.90 Å². The lowest BCUT2D eigenvalue weighted by atomic mass is 9.97. The van der Waals surface area contributed by atoms with Gasteiger partial charge in [0.05, 0.1) is 12.0 Å². The molecule has 1 aliphatic heterocycles. The van der Waals surface area contributed by atoms with Crippen LogP contribution in [0.2, 0.25) is 0 Å². The van der Waals surface area contributed by atoms with Crippen LogP contribution < -0.4 is 0 Å². The first kappa shape index (κ1) is 16.7. The number of nitrogens with zero attached hydrogens (tertiary/aromatic N) is 3. The second-order valence-electron chi connectivity index (χ2n) is 6.92. The largest absolute Gasteiger partial charge is 0.389 e. The Bertz CT molecular complexity index is 334. The standard InChI is InChI=1S/C16H31N3O2/c1-17-10-12-19(13-11-17)9-5-8-18(2)15(20)14-16(21)6-3-4-7-16/h21H,3-14H2,1-2H3. The molecule has 0 unspecified atom stereocenters. The fourth-order valence-electron chi connectivity index (χ4n) is 3.35. The second-order valence-corrected chi connectivity index (χ2v) is 6.92. The van der Waals surface area contributed by atoms with Crippen LogP contribution in [0.3, 0.4) is 0 Å². The molecule has 122 valence electrons. The van der Waals surface area contributed by atoms with E-state index < -0.39 is 5.60 Å². The number of aliphatic hydroxyl groups is 1. The van der Waals surface area contributed by atoms with Crippen molar-refractivity contribution in [3.63, 3.8) is 0 Å². The van der Waals surface area contributed by atoms with Crippen LogP contribution in [0.25, 0.3) is 0 Å². The Labute approximate surface area is 128 Å². The number of amides is 1. The maximum absolute atomic E-state index is 12.2. The van der Waals surface area contributed by atoms with E-state index in [1.165, 1.54) is 0 Å². The summed E-state index contributed by atoms with van der Waals surface area (Å²) in [6.45, 7) is 6.41. The summed E-state index contributed by atoms with van der Waals surface area (Å²) < 4.78 is 0. The van der Waals surface area contributed by atoms with Crippen LogP contribution in [0.4, 0.5) is 0 Å². The van der Waals surface area contributed by atoms with Gasteiger partial charge in [-0.05, 0) is 32.9 Å². The van der Waals surface area contributed by atoms with Crippen molar-refractivity contribution in [3.8, 4) is 0 Å². The van der Waals surface area contributed by atoms with Gasteiger partial charge in [0.1, 0.15) is 0 Å². The number of carbonyl (C=O) groups is 1. The van der Waals surface area contributed by atoms with Gasteiger partial charge in [-0.25, -0.2) is 0 Å². The topological polar surface area (TPSA) is 47.0 Å². The second kappa shape index (κ2) is 7.56. The van der Waals surface area contributed by atoms with Crippen LogP contribution in [-0.4, -0.2) is 84.7 Å². The number of hydrogen-bond donors (Lipinski definition) is 1. The molecule has 0 bridgehead atoms. The van der Waals surface area contributed by atoms with E-state index in [-0.39, 0.29) is 5.91 Å². The zero-order valence-electron chi connectivity index (χ0n) is 13.7. The molecule has 0 atom stereocenters. The van der Waals surface area contributed by atoms with E-state index in [0.29, 0.717) is 6.42 Å². The van der Waals surface area contributed by atoms with Gasteiger partial charge >= 0.3 is 0 Å². The van der Waals surface area contributed by atoms with Crippen molar-refractivity contribution in [2.24, 2.45) is 0 Å². The third-order valence-corrected chi connectivity index (χ3v) is 5.00. The highest BCUT2D eigenvalue weighted by atomic mass is 16.3. The number of rotatable bonds is 6. The fourth-order valence-corrected chi connectivity index (χ4v) is 3.35. The third-order valence-electron chi connectivity index (χ3n) is 5.00. The smallest absolute Gasteiger partial charge is 0.225 e. The zero-order valence-corrected chi connectivity index (χ0v) is 13.7. The van der Waals surface area contributed by atoms with Crippen molar-refractivity contribution >= 4 is 5.91 Å². The number of hydrogen-bond acceptors (Lipinski definition) is 4. The Hall–Kier alpha value is -0.650. The Balaban J connectivity index is 1.62. The number of piperazine rings is 1. The van der Waals surface area contributed by atoms with Gasteiger partial charge in [0.2, 0.25) is 5.91 Å². The van der Waals surface area contributed by atoms with Crippen molar-refractivity contribution in [2.45, 2.75) is 44.1 Å². The monoisotopic (exact) mass is 297 g/mol. The maximum Gasteiger partial charge on any atom is 0.225 e. The van der Waals surface area contributed by atoms with E-state index in [1.807, 2.05) is 7.05 Å². The molecule has 1 N–H and O–H groups in total. The van der Waals surface area contributed by atoms with E-state index in [2.05, 4.69) is 16.8 Å². The summed E-state index contributed by atoms with van der Waals surface area (Å²) in [7, 11) is 4.03.